The predicted molar refractivity (Wildman–Crippen MR) is 263 cm³/mol. The molecule has 0 aromatic heterocycles. The van der Waals surface area contributed by atoms with Crippen LogP contribution in [0.4, 0.5) is 0 Å². The molecule has 0 bridgehead atoms. The molecule has 63 heavy (non-hydrogen) atoms. The minimum absolute atomic E-state index is 0.184. The highest BCUT2D eigenvalue weighted by molar-refractivity contribution is 5.71. The van der Waals surface area contributed by atoms with Crippen molar-refractivity contribution in [3.63, 3.8) is 0 Å². The van der Waals surface area contributed by atoms with Crippen molar-refractivity contribution in [2.45, 2.75) is 245 Å². The Morgan fingerprint density at radius 2 is 0.873 bits per heavy atom. The average molecular weight is 891 g/mol. The Labute approximate surface area is 388 Å². The second-order valence-corrected chi connectivity index (χ2v) is 18.8. The van der Waals surface area contributed by atoms with Crippen LogP contribution in [-0.4, -0.2) is 87.4 Å². The minimum atomic E-state index is -1.51. The van der Waals surface area contributed by atoms with Crippen molar-refractivity contribution in [3.05, 3.63) is 36.5 Å². The maximum Gasteiger partial charge on any atom is 0.361 e. The van der Waals surface area contributed by atoms with Crippen LogP contribution in [0.25, 0.3) is 0 Å². The standard InChI is InChI=1S/C54H99NO8/c1-6-8-10-12-14-16-18-19-20-21-22-23-24-25-26-27-28-29-30-31-32-33-35-37-39-41-43-45-52(57)63-50(49-62-54(53(58)59)60-47-46-55(3,4)5)48-61-51(56)44-42-40-38-36-34-17-15-13-11-9-7-2/h13,15,18-19,21-22,50,54H,6-12,14,16-17,20,23-49H2,1-5H3/p+1/b15-13-,19-18-,22-21-. The third kappa shape index (κ3) is 47.3. The average Bonchev–Trinajstić information content (AvgIpc) is 3.24. The molecule has 0 heterocycles. The number of esters is 2. The largest absolute Gasteiger partial charge is 0.477 e. The van der Waals surface area contributed by atoms with Gasteiger partial charge in [0.1, 0.15) is 13.2 Å². The molecule has 9 heteroatoms. The van der Waals surface area contributed by atoms with E-state index >= 15 is 0 Å². The lowest BCUT2D eigenvalue weighted by Crippen LogP contribution is -2.40. The molecule has 0 aromatic carbocycles. The van der Waals surface area contributed by atoms with E-state index in [1.54, 1.807) is 0 Å². The van der Waals surface area contributed by atoms with Crippen molar-refractivity contribution in [2.24, 2.45) is 0 Å². The molecule has 368 valence electrons. The summed E-state index contributed by atoms with van der Waals surface area (Å²) < 4.78 is 22.8. The van der Waals surface area contributed by atoms with Gasteiger partial charge in [0, 0.05) is 12.8 Å². The summed E-state index contributed by atoms with van der Waals surface area (Å²) >= 11 is 0. The number of hydrogen-bond donors (Lipinski definition) is 1. The lowest BCUT2D eigenvalue weighted by molar-refractivity contribution is -0.870. The fraction of sp³-hybridized carbons (Fsp3) is 0.833. The Morgan fingerprint density at radius 3 is 1.32 bits per heavy atom. The molecule has 0 saturated heterocycles. The van der Waals surface area contributed by atoms with Crippen LogP contribution < -0.4 is 0 Å². The van der Waals surface area contributed by atoms with E-state index in [-0.39, 0.29) is 32.2 Å². The van der Waals surface area contributed by atoms with Gasteiger partial charge in [-0.05, 0) is 64.2 Å². The quantitative estimate of drug-likeness (QED) is 0.0212. The first kappa shape index (κ1) is 60.5. The van der Waals surface area contributed by atoms with E-state index in [4.69, 9.17) is 18.9 Å². The van der Waals surface area contributed by atoms with Gasteiger partial charge in [0.15, 0.2) is 6.10 Å². The number of carboxylic acid groups (broad SMARTS) is 1. The molecule has 0 rings (SSSR count). The monoisotopic (exact) mass is 891 g/mol. The van der Waals surface area contributed by atoms with E-state index in [0.717, 1.165) is 70.6 Å². The Balaban J connectivity index is 4.18. The van der Waals surface area contributed by atoms with E-state index in [0.29, 0.717) is 17.4 Å². The van der Waals surface area contributed by atoms with Gasteiger partial charge in [-0.1, -0.05) is 192 Å². The van der Waals surface area contributed by atoms with Crippen molar-refractivity contribution in [2.75, 3.05) is 47.5 Å². The van der Waals surface area contributed by atoms with Gasteiger partial charge in [-0.25, -0.2) is 4.79 Å². The number of carboxylic acids is 1. The first-order valence-electron chi connectivity index (χ1n) is 26.2. The molecule has 2 unspecified atom stereocenters. The number of nitrogens with zero attached hydrogens (tertiary/aromatic N) is 1. The van der Waals surface area contributed by atoms with Crippen LogP contribution in [0.5, 0.6) is 0 Å². The van der Waals surface area contributed by atoms with Gasteiger partial charge >= 0.3 is 17.9 Å². The van der Waals surface area contributed by atoms with Crippen LogP contribution in [0, 0.1) is 0 Å². The van der Waals surface area contributed by atoms with Crippen molar-refractivity contribution >= 4 is 17.9 Å². The zero-order valence-electron chi connectivity index (χ0n) is 41.7. The molecular formula is C54H100NO8+. The lowest BCUT2D eigenvalue weighted by Gasteiger charge is -2.25. The smallest absolute Gasteiger partial charge is 0.361 e. The van der Waals surface area contributed by atoms with Gasteiger partial charge in [-0.15, -0.1) is 0 Å². The molecule has 1 N–H and O–H groups in total. The normalized spacial score (nSPS) is 13.1. The predicted octanol–water partition coefficient (Wildman–Crippen LogP) is 14.6. The highest BCUT2D eigenvalue weighted by atomic mass is 16.7. The molecule has 0 spiro atoms. The lowest BCUT2D eigenvalue weighted by atomic mass is 10.0. The molecule has 0 saturated carbocycles. The van der Waals surface area contributed by atoms with Crippen LogP contribution in [0.2, 0.25) is 0 Å². The molecule has 0 radical (unpaired) electrons. The van der Waals surface area contributed by atoms with Crippen LogP contribution in [0.15, 0.2) is 36.5 Å². The maximum atomic E-state index is 12.8. The molecular weight excluding hydrogens is 791 g/mol. The number of ether oxygens (including phenoxy) is 4. The second-order valence-electron chi connectivity index (χ2n) is 18.8. The van der Waals surface area contributed by atoms with Crippen LogP contribution >= 0.6 is 0 Å². The Bertz CT molecular complexity index is 1130. The van der Waals surface area contributed by atoms with Crippen LogP contribution in [0.3, 0.4) is 0 Å². The van der Waals surface area contributed by atoms with E-state index in [2.05, 4.69) is 50.3 Å². The first-order valence-corrected chi connectivity index (χ1v) is 26.2. The second kappa shape index (κ2) is 46.1. The number of hydrogen-bond acceptors (Lipinski definition) is 7. The van der Waals surface area contributed by atoms with Crippen molar-refractivity contribution < 1.29 is 42.9 Å². The Hall–Kier alpha value is -2.49. The van der Waals surface area contributed by atoms with Crippen molar-refractivity contribution in [1.82, 2.24) is 0 Å². The molecule has 0 aliphatic carbocycles. The molecule has 0 aliphatic heterocycles. The number of quaternary nitrogens is 1. The topological polar surface area (TPSA) is 108 Å². The summed E-state index contributed by atoms with van der Waals surface area (Å²) in [6, 6.07) is 0. The maximum absolute atomic E-state index is 12.8. The summed E-state index contributed by atoms with van der Waals surface area (Å²) in [5.74, 6) is -2.01. The molecule has 9 nitrogen and oxygen atoms in total. The first-order chi connectivity index (χ1) is 30.6. The van der Waals surface area contributed by atoms with Gasteiger partial charge in [0.25, 0.3) is 6.29 Å². The summed E-state index contributed by atoms with van der Waals surface area (Å²) in [7, 11) is 5.96. The van der Waals surface area contributed by atoms with Gasteiger partial charge < -0.3 is 28.5 Å². The molecule has 0 fully saturated rings. The minimum Gasteiger partial charge on any atom is -0.477 e. The molecule has 0 amide bonds. The van der Waals surface area contributed by atoms with Gasteiger partial charge in [0.05, 0.1) is 34.4 Å². The number of carbonyl (C=O) groups excluding carboxylic acids is 2. The molecule has 2 atom stereocenters. The third-order valence-electron chi connectivity index (χ3n) is 11.4. The van der Waals surface area contributed by atoms with Crippen molar-refractivity contribution in [1.29, 1.82) is 0 Å². The zero-order valence-corrected chi connectivity index (χ0v) is 41.7. The fourth-order valence-corrected chi connectivity index (χ4v) is 7.26. The Morgan fingerprint density at radius 1 is 0.476 bits per heavy atom. The zero-order chi connectivity index (χ0) is 46.3. The van der Waals surface area contributed by atoms with Crippen LogP contribution in [0.1, 0.15) is 232 Å². The van der Waals surface area contributed by atoms with E-state index < -0.39 is 24.3 Å². The van der Waals surface area contributed by atoms with E-state index in [9.17, 15) is 19.5 Å². The summed E-state index contributed by atoms with van der Waals surface area (Å²) in [5.41, 5.74) is 0. The third-order valence-corrected chi connectivity index (χ3v) is 11.4. The van der Waals surface area contributed by atoms with Gasteiger partial charge in [-0.2, -0.15) is 0 Å². The van der Waals surface area contributed by atoms with Crippen molar-refractivity contribution in [3.8, 4) is 0 Å². The summed E-state index contributed by atoms with van der Waals surface area (Å²) in [4.78, 5) is 37.2. The SMILES string of the molecule is CCCC/C=C\CCCCCCCC(=O)OCC(COC(OCC[N+](C)(C)C)C(=O)O)OC(=O)CCCCCCCCCCCCCCCCC/C=C\C/C=C\CCCCCCC. The number of aliphatic carboxylic acids is 1. The number of carbonyl (C=O) groups is 3. The highest BCUT2D eigenvalue weighted by Gasteiger charge is 2.25. The highest BCUT2D eigenvalue weighted by Crippen LogP contribution is 2.16. The fourth-order valence-electron chi connectivity index (χ4n) is 7.26. The number of likely N-dealkylation sites (N-methyl/N-ethyl adjacent to an activating group) is 1. The summed E-state index contributed by atoms with van der Waals surface area (Å²) in [6.45, 7) is 4.83. The summed E-state index contributed by atoms with van der Waals surface area (Å²) in [6.07, 6.45) is 50.8. The number of allylic oxidation sites excluding steroid dienone is 6. The summed E-state index contributed by atoms with van der Waals surface area (Å²) in [5, 5.41) is 9.65. The van der Waals surface area contributed by atoms with E-state index in [1.165, 1.54) is 135 Å². The number of unbranched alkanes of at least 4 members (excludes halogenated alkanes) is 27. The molecule has 0 aromatic rings. The number of rotatable bonds is 48. The van der Waals surface area contributed by atoms with Gasteiger partial charge in [-0.3, -0.25) is 9.59 Å². The van der Waals surface area contributed by atoms with E-state index in [1.807, 2.05) is 21.1 Å². The van der Waals surface area contributed by atoms with Gasteiger partial charge in [0.2, 0.25) is 0 Å². The molecule has 0 aliphatic rings. The Kier molecular flexibility index (Phi) is 44.2. The van der Waals surface area contributed by atoms with Crippen LogP contribution in [-0.2, 0) is 33.3 Å².